The van der Waals surface area contributed by atoms with E-state index in [-0.39, 0.29) is 36.2 Å². The van der Waals surface area contributed by atoms with Crippen molar-refractivity contribution < 1.29 is 33.6 Å². The highest BCUT2D eigenvalue weighted by atomic mass is 32.2. The van der Waals surface area contributed by atoms with E-state index in [1.54, 1.807) is 61.5 Å². The standard InChI is InChI=1S/C35H28N4O8S/c1-2-47-35(44)24-10-16-26(17-11-24)38-31(40)21-30(34(38)43)48-28-18-12-25(13-19-28)36-33(42)29(37-32(41)23-6-4-3-5-7-23)20-22-8-14-27(15-9-22)39(45)46/h3-20,30H,2,21H2,1H3,(H,36,42)(H,37,41)/b29-20-. The molecule has 0 bridgehead atoms. The second-order valence-electron chi connectivity index (χ2n) is 10.4. The Balaban J connectivity index is 1.26. The quantitative estimate of drug-likeness (QED) is 0.0682. The van der Waals surface area contributed by atoms with Crippen molar-refractivity contribution in [3.05, 3.63) is 136 Å². The van der Waals surface area contributed by atoms with Gasteiger partial charge in [0, 0.05) is 34.7 Å². The number of benzene rings is 4. The molecule has 1 atom stereocenters. The molecule has 1 unspecified atom stereocenters. The van der Waals surface area contributed by atoms with Crippen LogP contribution in [-0.2, 0) is 19.1 Å². The van der Waals surface area contributed by atoms with Gasteiger partial charge in [-0.2, -0.15) is 0 Å². The number of thioether (sulfide) groups is 1. The van der Waals surface area contributed by atoms with Gasteiger partial charge in [-0.1, -0.05) is 18.2 Å². The number of nitrogens with one attached hydrogen (secondary N) is 2. The molecule has 242 valence electrons. The highest BCUT2D eigenvalue weighted by Gasteiger charge is 2.40. The predicted octanol–water partition coefficient (Wildman–Crippen LogP) is 5.61. The highest BCUT2D eigenvalue weighted by molar-refractivity contribution is 8.00. The van der Waals surface area contributed by atoms with Gasteiger partial charge < -0.3 is 15.4 Å². The number of hydrogen-bond donors (Lipinski definition) is 2. The molecular weight excluding hydrogens is 636 g/mol. The van der Waals surface area contributed by atoms with Gasteiger partial charge in [0.25, 0.3) is 17.5 Å². The largest absolute Gasteiger partial charge is 0.462 e. The Hall–Kier alpha value is -6.08. The molecule has 4 aromatic carbocycles. The van der Waals surface area contributed by atoms with E-state index in [4.69, 9.17) is 4.74 Å². The molecule has 1 aliphatic rings. The molecule has 0 aliphatic carbocycles. The fraction of sp³-hybridized carbons (Fsp3) is 0.114. The van der Waals surface area contributed by atoms with Gasteiger partial charge in [0.1, 0.15) is 5.70 Å². The van der Waals surface area contributed by atoms with Crippen LogP contribution in [0.1, 0.15) is 39.6 Å². The summed E-state index contributed by atoms with van der Waals surface area (Å²) in [6.45, 7) is 1.93. The van der Waals surface area contributed by atoms with Crippen molar-refractivity contribution in [1.82, 2.24) is 5.32 Å². The maximum Gasteiger partial charge on any atom is 0.338 e. The molecule has 1 heterocycles. The molecule has 5 rings (SSSR count). The van der Waals surface area contributed by atoms with Crippen LogP contribution in [0.5, 0.6) is 0 Å². The normalized spacial score (nSPS) is 14.4. The molecular formula is C35H28N4O8S. The molecule has 0 spiro atoms. The summed E-state index contributed by atoms with van der Waals surface area (Å²) in [6, 6.07) is 26.5. The smallest absolute Gasteiger partial charge is 0.338 e. The Labute approximate surface area is 278 Å². The molecule has 13 heteroatoms. The molecule has 0 saturated carbocycles. The van der Waals surface area contributed by atoms with Crippen molar-refractivity contribution in [2.75, 3.05) is 16.8 Å². The SMILES string of the molecule is CCOC(=O)c1ccc(N2C(=O)CC(Sc3ccc(NC(=O)/C(=C/c4ccc([N+](=O)[O-])cc4)NC(=O)c4ccccc4)cc3)C2=O)cc1. The molecule has 1 fully saturated rings. The first kappa shape index (κ1) is 33.3. The van der Waals surface area contributed by atoms with Crippen LogP contribution in [-0.4, -0.2) is 46.4 Å². The zero-order valence-electron chi connectivity index (χ0n) is 25.5. The third-order valence-electron chi connectivity index (χ3n) is 7.08. The van der Waals surface area contributed by atoms with Crippen LogP contribution in [0.4, 0.5) is 17.1 Å². The lowest BCUT2D eigenvalue weighted by Gasteiger charge is -2.15. The van der Waals surface area contributed by atoms with E-state index in [0.29, 0.717) is 33.0 Å². The summed E-state index contributed by atoms with van der Waals surface area (Å²) in [5.41, 5.74) is 1.62. The number of non-ortho nitro benzene ring substituents is 1. The summed E-state index contributed by atoms with van der Waals surface area (Å²) < 4.78 is 4.98. The Morgan fingerprint density at radius 1 is 0.917 bits per heavy atom. The van der Waals surface area contributed by atoms with Gasteiger partial charge in [-0.05, 0) is 91.4 Å². The second kappa shape index (κ2) is 15.0. The van der Waals surface area contributed by atoms with Gasteiger partial charge in [-0.25, -0.2) is 9.69 Å². The zero-order chi connectivity index (χ0) is 34.2. The van der Waals surface area contributed by atoms with Crippen LogP contribution in [0.25, 0.3) is 6.08 Å². The number of ether oxygens (including phenoxy) is 1. The molecule has 4 aromatic rings. The number of nitro benzene ring substituents is 1. The first-order valence-electron chi connectivity index (χ1n) is 14.7. The van der Waals surface area contributed by atoms with E-state index in [0.717, 1.165) is 4.90 Å². The van der Waals surface area contributed by atoms with Crippen molar-refractivity contribution in [3.8, 4) is 0 Å². The summed E-state index contributed by atoms with van der Waals surface area (Å²) in [4.78, 5) is 76.4. The van der Waals surface area contributed by atoms with Crippen molar-refractivity contribution >= 4 is 64.5 Å². The second-order valence-corrected chi connectivity index (χ2v) is 11.6. The molecule has 1 saturated heterocycles. The third-order valence-corrected chi connectivity index (χ3v) is 8.27. The minimum atomic E-state index is -0.674. The van der Waals surface area contributed by atoms with Crippen LogP contribution < -0.4 is 15.5 Å². The average molecular weight is 665 g/mol. The number of amides is 4. The van der Waals surface area contributed by atoms with Crippen LogP contribution in [0, 0.1) is 10.1 Å². The number of hydrogen-bond acceptors (Lipinski definition) is 9. The summed E-state index contributed by atoms with van der Waals surface area (Å²) in [5, 5.41) is 15.7. The highest BCUT2D eigenvalue weighted by Crippen LogP contribution is 2.34. The monoisotopic (exact) mass is 664 g/mol. The summed E-state index contributed by atoms with van der Waals surface area (Å²) in [5.74, 6) is -2.41. The van der Waals surface area contributed by atoms with Crippen molar-refractivity contribution in [3.63, 3.8) is 0 Å². The summed E-state index contributed by atoms with van der Waals surface area (Å²) in [6.07, 6.45) is 1.39. The fourth-order valence-corrected chi connectivity index (χ4v) is 5.76. The number of carbonyl (C=O) groups excluding carboxylic acids is 5. The average Bonchev–Trinajstić information content (AvgIpc) is 3.37. The van der Waals surface area contributed by atoms with E-state index in [2.05, 4.69) is 10.6 Å². The maximum absolute atomic E-state index is 13.3. The first-order chi connectivity index (χ1) is 23.1. The van der Waals surface area contributed by atoms with E-state index in [9.17, 15) is 34.1 Å². The van der Waals surface area contributed by atoms with Crippen molar-refractivity contribution in [1.29, 1.82) is 0 Å². The van der Waals surface area contributed by atoms with Gasteiger partial charge in [-0.15, -0.1) is 11.8 Å². The third kappa shape index (κ3) is 8.00. The lowest BCUT2D eigenvalue weighted by molar-refractivity contribution is -0.384. The van der Waals surface area contributed by atoms with Crippen LogP contribution in [0.15, 0.2) is 114 Å². The number of esters is 1. The molecule has 1 aliphatic heterocycles. The maximum atomic E-state index is 13.3. The topological polar surface area (TPSA) is 165 Å². The van der Waals surface area contributed by atoms with Gasteiger partial charge in [0.05, 0.1) is 28.0 Å². The Bertz CT molecular complexity index is 1890. The Morgan fingerprint density at radius 2 is 1.58 bits per heavy atom. The first-order valence-corrected chi connectivity index (χ1v) is 15.6. The summed E-state index contributed by atoms with van der Waals surface area (Å²) in [7, 11) is 0. The lowest BCUT2D eigenvalue weighted by Crippen LogP contribution is -2.31. The van der Waals surface area contributed by atoms with E-state index < -0.39 is 28.0 Å². The molecule has 2 N–H and O–H groups in total. The van der Waals surface area contributed by atoms with Crippen LogP contribution in [0.3, 0.4) is 0 Å². The molecule has 0 aromatic heterocycles. The molecule has 4 amide bonds. The number of imide groups is 1. The van der Waals surface area contributed by atoms with E-state index >= 15 is 0 Å². The van der Waals surface area contributed by atoms with Gasteiger partial charge in [-0.3, -0.25) is 29.3 Å². The van der Waals surface area contributed by atoms with Gasteiger partial charge in [0.15, 0.2) is 0 Å². The van der Waals surface area contributed by atoms with Crippen LogP contribution >= 0.6 is 11.8 Å². The number of nitrogens with zero attached hydrogens (tertiary/aromatic N) is 2. The molecule has 48 heavy (non-hydrogen) atoms. The number of rotatable bonds is 11. The Kier molecular flexibility index (Phi) is 10.4. The summed E-state index contributed by atoms with van der Waals surface area (Å²) >= 11 is 1.21. The fourth-order valence-electron chi connectivity index (χ4n) is 4.71. The number of nitro groups is 1. The molecule has 12 nitrogen and oxygen atoms in total. The van der Waals surface area contributed by atoms with Crippen molar-refractivity contribution in [2.24, 2.45) is 0 Å². The van der Waals surface area contributed by atoms with Crippen LogP contribution in [0.2, 0.25) is 0 Å². The van der Waals surface area contributed by atoms with Crippen molar-refractivity contribution in [2.45, 2.75) is 23.5 Å². The number of anilines is 2. The number of carbonyl (C=O) groups is 5. The predicted molar refractivity (Wildman–Crippen MR) is 179 cm³/mol. The zero-order valence-corrected chi connectivity index (χ0v) is 26.3. The minimum Gasteiger partial charge on any atom is -0.462 e. The van der Waals surface area contributed by atoms with Gasteiger partial charge in [0.2, 0.25) is 11.8 Å². The lowest BCUT2D eigenvalue weighted by atomic mass is 10.1. The molecule has 0 radical (unpaired) electrons. The Morgan fingerprint density at radius 3 is 2.21 bits per heavy atom. The van der Waals surface area contributed by atoms with E-state index in [1.807, 2.05) is 0 Å². The minimum absolute atomic E-state index is 0.0144. The van der Waals surface area contributed by atoms with Gasteiger partial charge >= 0.3 is 5.97 Å². The van der Waals surface area contributed by atoms with E-state index in [1.165, 1.54) is 66.4 Å².